The van der Waals surface area contributed by atoms with Crippen LogP contribution in [0, 0.1) is 34.6 Å². The van der Waals surface area contributed by atoms with Crippen LogP contribution in [0.15, 0.2) is 58.5 Å². The van der Waals surface area contributed by atoms with Crippen LogP contribution in [0.5, 0.6) is 0 Å². The third kappa shape index (κ3) is 5.42. The van der Waals surface area contributed by atoms with Gasteiger partial charge in [-0.05, 0) is 70.0 Å². The van der Waals surface area contributed by atoms with Crippen molar-refractivity contribution in [2.24, 2.45) is 5.10 Å². The molecule has 0 unspecified atom stereocenters. The first-order valence-corrected chi connectivity index (χ1v) is 11.1. The Morgan fingerprint density at radius 3 is 2.43 bits per heavy atom. The minimum atomic E-state index is -0.0748. The summed E-state index contributed by atoms with van der Waals surface area (Å²) < 4.78 is 2.24. The van der Waals surface area contributed by atoms with E-state index < -0.39 is 0 Å². The molecule has 3 rings (SSSR count). The van der Waals surface area contributed by atoms with Gasteiger partial charge in [0.1, 0.15) is 0 Å². The highest BCUT2D eigenvalue weighted by Gasteiger charge is 2.11. The molecule has 3 aromatic rings. The predicted molar refractivity (Wildman–Crippen MR) is 127 cm³/mol. The van der Waals surface area contributed by atoms with Crippen LogP contribution in [0.3, 0.4) is 0 Å². The van der Waals surface area contributed by atoms with Gasteiger partial charge in [0.2, 0.25) is 5.91 Å². The number of hydrogen-bond donors (Lipinski definition) is 1. The van der Waals surface area contributed by atoms with E-state index in [1.165, 1.54) is 27.3 Å². The monoisotopic (exact) mass is 419 g/mol. The van der Waals surface area contributed by atoms with Gasteiger partial charge in [-0.25, -0.2) is 5.43 Å². The molecule has 1 heterocycles. The maximum atomic E-state index is 12.1. The number of nitrogens with one attached hydrogen (secondary N) is 1. The lowest BCUT2D eigenvalue weighted by atomic mass is 10.1. The molecule has 5 heteroatoms. The van der Waals surface area contributed by atoms with E-state index in [1.54, 1.807) is 18.0 Å². The van der Waals surface area contributed by atoms with Crippen molar-refractivity contribution in [2.45, 2.75) is 45.9 Å². The standard InChI is InChI=1S/C25H29N3OS/c1-17-7-10-23(11-8-17)30-13-12-25(29)27-26-16-22-15-20(4)28(21(22)5)24-14-18(2)6-9-19(24)3/h6-11,14-16H,12-13H2,1-5H3,(H,27,29)/b26-16-. The number of aromatic nitrogens is 1. The van der Waals surface area contributed by atoms with Gasteiger partial charge in [0.05, 0.1) is 6.21 Å². The van der Waals surface area contributed by atoms with Crippen LogP contribution in [0.2, 0.25) is 0 Å². The van der Waals surface area contributed by atoms with E-state index in [2.05, 4.69) is 98.2 Å². The first-order chi connectivity index (χ1) is 14.3. The first kappa shape index (κ1) is 21.9. The Balaban J connectivity index is 1.59. The van der Waals surface area contributed by atoms with E-state index in [1.807, 2.05) is 0 Å². The fourth-order valence-corrected chi connectivity index (χ4v) is 4.23. The van der Waals surface area contributed by atoms with E-state index in [0.717, 1.165) is 22.7 Å². The SMILES string of the molecule is Cc1ccc(SCCC(=O)N/N=C\c2cc(C)n(-c3cc(C)ccc3C)c2C)cc1. The molecule has 0 bridgehead atoms. The lowest BCUT2D eigenvalue weighted by Gasteiger charge is -2.13. The van der Waals surface area contributed by atoms with Crippen LogP contribution >= 0.6 is 11.8 Å². The van der Waals surface area contributed by atoms with Gasteiger partial charge < -0.3 is 4.57 Å². The fraction of sp³-hybridized carbons (Fsp3) is 0.280. The number of aryl methyl sites for hydroxylation is 4. The zero-order valence-electron chi connectivity index (χ0n) is 18.3. The molecule has 1 aromatic heterocycles. The van der Waals surface area contributed by atoms with E-state index in [0.29, 0.717) is 6.42 Å². The second-order valence-electron chi connectivity index (χ2n) is 7.66. The molecule has 4 nitrogen and oxygen atoms in total. The van der Waals surface area contributed by atoms with Crippen LogP contribution in [-0.2, 0) is 4.79 Å². The molecule has 0 radical (unpaired) electrons. The zero-order valence-corrected chi connectivity index (χ0v) is 19.1. The number of amides is 1. The smallest absolute Gasteiger partial charge is 0.240 e. The van der Waals surface area contributed by atoms with Crippen molar-refractivity contribution in [2.75, 3.05) is 5.75 Å². The quantitative estimate of drug-likeness (QED) is 0.305. The molecule has 0 aliphatic carbocycles. The first-order valence-electron chi connectivity index (χ1n) is 10.1. The maximum Gasteiger partial charge on any atom is 0.240 e. The van der Waals surface area contributed by atoms with Crippen LogP contribution in [0.25, 0.3) is 5.69 Å². The lowest BCUT2D eigenvalue weighted by Crippen LogP contribution is -2.17. The van der Waals surface area contributed by atoms with Crippen LogP contribution in [0.4, 0.5) is 0 Å². The average Bonchev–Trinajstić information content (AvgIpc) is 2.99. The number of benzene rings is 2. The van der Waals surface area contributed by atoms with Gasteiger partial charge in [0.15, 0.2) is 0 Å². The third-order valence-corrected chi connectivity index (χ3v) is 6.10. The molecule has 1 N–H and O–H groups in total. The van der Waals surface area contributed by atoms with Crippen LogP contribution in [-0.4, -0.2) is 22.4 Å². The Hall–Kier alpha value is -2.79. The summed E-state index contributed by atoms with van der Waals surface area (Å²) in [6, 6.07) is 16.9. The van der Waals surface area contributed by atoms with Gasteiger partial charge in [-0.15, -0.1) is 11.8 Å². The fourth-order valence-electron chi connectivity index (χ4n) is 3.38. The van der Waals surface area contributed by atoms with E-state index in [4.69, 9.17) is 0 Å². The second kappa shape index (κ2) is 9.81. The molecule has 0 spiro atoms. The minimum absolute atomic E-state index is 0.0748. The highest BCUT2D eigenvalue weighted by Crippen LogP contribution is 2.23. The summed E-state index contributed by atoms with van der Waals surface area (Å²) in [5.74, 6) is 0.653. The summed E-state index contributed by atoms with van der Waals surface area (Å²) >= 11 is 1.68. The Labute approximate surface area is 183 Å². The summed E-state index contributed by atoms with van der Waals surface area (Å²) in [6.07, 6.45) is 2.16. The molecule has 0 saturated carbocycles. The molecule has 0 atom stereocenters. The Bertz CT molecular complexity index is 1060. The average molecular weight is 420 g/mol. The molecule has 1 amide bonds. The lowest BCUT2D eigenvalue weighted by molar-refractivity contribution is -0.120. The Kier molecular flexibility index (Phi) is 7.16. The summed E-state index contributed by atoms with van der Waals surface area (Å²) in [6.45, 7) is 10.5. The van der Waals surface area contributed by atoms with Crippen molar-refractivity contribution in [3.63, 3.8) is 0 Å². The van der Waals surface area contributed by atoms with Crippen molar-refractivity contribution in [1.82, 2.24) is 9.99 Å². The van der Waals surface area contributed by atoms with Crippen molar-refractivity contribution in [3.05, 3.63) is 82.2 Å². The van der Waals surface area contributed by atoms with E-state index >= 15 is 0 Å². The predicted octanol–water partition coefficient (Wildman–Crippen LogP) is 5.65. The van der Waals surface area contributed by atoms with Gasteiger partial charge >= 0.3 is 0 Å². The highest BCUT2D eigenvalue weighted by molar-refractivity contribution is 7.99. The van der Waals surface area contributed by atoms with E-state index in [9.17, 15) is 4.79 Å². The minimum Gasteiger partial charge on any atom is -0.318 e. The normalized spacial score (nSPS) is 11.2. The van der Waals surface area contributed by atoms with Crippen molar-refractivity contribution < 1.29 is 4.79 Å². The molecular formula is C25H29N3OS. The number of hydrazone groups is 1. The molecule has 30 heavy (non-hydrogen) atoms. The van der Waals surface area contributed by atoms with Crippen LogP contribution in [0.1, 0.15) is 40.1 Å². The molecule has 0 aliphatic heterocycles. The largest absolute Gasteiger partial charge is 0.318 e. The van der Waals surface area contributed by atoms with Gasteiger partial charge in [-0.2, -0.15) is 5.10 Å². The summed E-state index contributed by atoms with van der Waals surface area (Å²) in [5.41, 5.74) is 10.8. The Morgan fingerprint density at radius 1 is 1.00 bits per heavy atom. The number of hydrogen-bond acceptors (Lipinski definition) is 3. The molecule has 156 valence electrons. The summed E-state index contributed by atoms with van der Waals surface area (Å²) in [5, 5.41) is 4.18. The Morgan fingerprint density at radius 2 is 1.70 bits per heavy atom. The van der Waals surface area contributed by atoms with Crippen LogP contribution < -0.4 is 5.43 Å². The maximum absolute atomic E-state index is 12.1. The number of carbonyl (C=O) groups is 1. The number of nitrogens with zero attached hydrogens (tertiary/aromatic N) is 2. The highest BCUT2D eigenvalue weighted by atomic mass is 32.2. The topological polar surface area (TPSA) is 46.4 Å². The van der Waals surface area contributed by atoms with E-state index in [-0.39, 0.29) is 5.91 Å². The number of rotatable bonds is 7. The third-order valence-electron chi connectivity index (χ3n) is 5.09. The van der Waals surface area contributed by atoms with Gasteiger partial charge in [-0.1, -0.05) is 29.8 Å². The summed E-state index contributed by atoms with van der Waals surface area (Å²) in [4.78, 5) is 13.3. The molecule has 0 fully saturated rings. The van der Waals surface area contributed by atoms with Gasteiger partial charge in [0, 0.05) is 39.7 Å². The number of thioether (sulfide) groups is 1. The molecule has 2 aromatic carbocycles. The van der Waals surface area contributed by atoms with Gasteiger partial charge in [-0.3, -0.25) is 4.79 Å². The molecule has 0 aliphatic rings. The number of carbonyl (C=O) groups excluding carboxylic acids is 1. The van der Waals surface area contributed by atoms with Crippen molar-refractivity contribution >= 4 is 23.9 Å². The molecular weight excluding hydrogens is 390 g/mol. The van der Waals surface area contributed by atoms with Crippen molar-refractivity contribution in [3.8, 4) is 5.69 Å². The molecule has 0 saturated heterocycles. The zero-order chi connectivity index (χ0) is 21.7. The van der Waals surface area contributed by atoms with Crippen molar-refractivity contribution in [1.29, 1.82) is 0 Å². The summed E-state index contributed by atoms with van der Waals surface area (Å²) in [7, 11) is 0. The second-order valence-corrected chi connectivity index (χ2v) is 8.82. The van der Waals surface area contributed by atoms with Gasteiger partial charge in [0.25, 0.3) is 0 Å².